The Morgan fingerprint density at radius 1 is 1.00 bits per heavy atom. The first-order chi connectivity index (χ1) is 9.99. The lowest BCUT2D eigenvalue weighted by molar-refractivity contribution is -0.0794. The second kappa shape index (κ2) is 5.23. The fourth-order valence-corrected chi connectivity index (χ4v) is 2.82. The normalized spacial score (nSPS) is 16.1. The predicted octanol–water partition coefficient (Wildman–Crippen LogP) is 4.95. The average Bonchev–Trinajstić information content (AvgIpc) is 2.46. The Morgan fingerprint density at radius 3 is 1.95 bits per heavy atom. The van der Waals surface area contributed by atoms with Crippen LogP contribution >= 0.6 is 0 Å². The topological polar surface area (TPSA) is 9.23 Å². The quantitative estimate of drug-likeness (QED) is 0.723. The van der Waals surface area contributed by atoms with Crippen molar-refractivity contribution in [2.75, 3.05) is 0 Å². The van der Waals surface area contributed by atoms with E-state index >= 15 is 0 Å². The first-order valence-corrected chi connectivity index (χ1v) is 7.65. The van der Waals surface area contributed by atoms with Crippen LogP contribution in [0.2, 0.25) is 0 Å². The predicted molar refractivity (Wildman–Crippen MR) is 87.2 cm³/mol. The minimum atomic E-state index is -0.262. The van der Waals surface area contributed by atoms with E-state index in [-0.39, 0.29) is 17.6 Å². The van der Waals surface area contributed by atoms with Crippen molar-refractivity contribution >= 4 is 0 Å². The average molecular weight is 279 g/mol. The lowest BCUT2D eigenvalue weighted by Crippen LogP contribution is -2.34. The zero-order valence-electron chi connectivity index (χ0n) is 13.1. The Bertz CT molecular complexity index is 594. The Balaban J connectivity index is 2.07. The molecule has 0 aromatic heterocycles. The third kappa shape index (κ3) is 2.58. The molecule has 1 atom stereocenters. The Kier molecular flexibility index (Phi) is 3.54. The lowest BCUT2D eigenvalue weighted by atomic mass is 9.83. The first-order valence-electron chi connectivity index (χ1n) is 7.65. The summed E-state index contributed by atoms with van der Waals surface area (Å²) in [5.74, 6) is 0.221. The molecule has 1 heteroatoms. The van der Waals surface area contributed by atoms with Gasteiger partial charge in [0.15, 0.2) is 0 Å². The van der Waals surface area contributed by atoms with Crippen LogP contribution in [0.3, 0.4) is 0 Å². The van der Waals surface area contributed by atoms with Crippen LogP contribution in [0.5, 0.6) is 0 Å². The van der Waals surface area contributed by atoms with E-state index < -0.39 is 0 Å². The Morgan fingerprint density at radius 2 is 1.48 bits per heavy atom. The molecule has 1 nitrogen and oxygen atoms in total. The lowest BCUT2D eigenvalue weighted by Gasteiger charge is -2.35. The van der Waals surface area contributed by atoms with Crippen LogP contribution in [-0.4, -0.2) is 5.60 Å². The summed E-state index contributed by atoms with van der Waals surface area (Å²) in [6, 6.07) is 17.2. The second-order valence-corrected chi connectivity index (χ2v) is 6.58. The SMILES string of the molecule is [CH2+]C(C)C(C)(C)OC1c2ccccc2Cc2ccccc21. The molecule has 3 rings (SSSR count). The van der Waals surface area contributed by atoms with Gasteiger partial charge in [0.05, 0.1) is 6.92 Å². The largest absolute Gasteiger partial charge is 0.358 e. The van der Waals surface area contributed by atoms with E-state index in [2.05, 4.69) is 76.2 Å². The molecule has 2 aromatic rings. The maximum Gasteiger partial charge on any atom is 0.121 e. The van der Waals surface area contributed by atoms with E-state index in [1.807, 2.05) is 0 Å². The van der Waals surface area contributed by atoms with Crippen LogP contribution in [0.25, 0.3) is 0 Å². The van der Waals surface area contributed by atoms with Crippen molar-refractivity contribution < 1.29 is 4.74 Å². The third-order valence-corrected chi connectivity index (χ3v) is 4.66. The van der Waals surface area contributed by atoms with Gasteiger partial charge >= 0.3 is 0 Å². The van der Waals surface area contributed by atoms with Gasteiger partial charge in [-0.15, -0.1) is 0 Å². The maximum absolute atomic E-state index is 6.53. The standard InChI is InChI=1S/C20H23O/c1-14(2)20(3,4)21-19-17-11-7-5-9-15(17)13-16-10-6-8-12-18(16)19/h5-12,14,19H,1,13H2,2-4H3/q+1. The summed E-state index contributed by atoms with van der Waals surface area (Å²) in [7, 11) is 0. The molecule has 0 spiro atoms. The summed E-state index contributed by atoms with van der Waals surface area (Å²) in [5, 5.41) is 0. The highest BCUT2D eigenvalue weighted by atomic mass is 16.5. The molecule has 0 saturated carbocycles. The van der Waals surface area contributed by atoms with Gasteiger partial charge in [0, 0.05) is 0 Å². The monoisotopic (exact) mass is 279 g/mol. The molecule has 0 bridgehead atoms. The van der Waals surface area contributed by atoms with E-state index in [1.54, 1.807) is 0 Å². The molecule has 21 heavy (non-hydrogen) atoms. The van der Waals surface area contributed by atoms with Gasteiger partial charge in [-0.25, -0.2) is 0 Å². The van der Waals surface area contributed by atoms with Gasteiger partial charge in [-0.1, -0.05) is 48.5 Å². The van der Waals surface area contributed by atoms with Crippen molar-refractivity contribution in [1.82, 2.24) is 0 Å². The Labute approximate surface area is 128 Å². The zero-order valence-corrected chi connectivity index (χ0v) is 13.1. The molecule has 108 valence electrons. The molecule has 0 amide bonds. The van der Waals surface area contributed by atoms with Crippen molar-refractivity contribution in [3.8, 4) is 0 Å². The fourth-order valence-electron chi connectivity index (χ4n) is 2.82. The number of hydrogen-bond donors (Lipinski definition) is 0. The fraction of sp³-hybridized carbons (Fsp3) is 0.350. The van der Waals surface area contributed by atoms with Crippen molar-refractivity contribution in [2.45, 2.75) is 38.9 Å². The Hall–Kier alpha value is -1.73. The molecule has 0 fully saturated rings. The molecule has 0 N–H and O–H groups in total. The van der Waals surface area contributed by atoms with Crippen LogP contribution in [0, 0.1) is 12.8 Å². The number of fused-ring (bicyclic) bond motifs is 2. The van der Waals surface area contributed by atoms with Crippen LogP contribution in [0.1, 0.15) is 49.1 Å². The number of benzene rings is 2. The summed E-state index contributed by atoms with van der Waals surface area (Å²) < 4.78 is 6.53. The number of rotatable bonds is 3. The van der Waals surface area contributed by atoms with E-state index in [0.29, 0.717) is 0 Å². The van der Waals surface area contributed by atoms with E-state index in [9.17, 15) is 0 Å². The summed E-state index contributed by atoms with van der Waals surface area (Å²) >= 11 is 0. The highest BCUT2D eigenvalue weighted by molar-refractivity contribution is 5.47. The summed E-state index contributed by atoms with van der Waals surface area (Å²) in [4.78, 5) is 0. The molecule has 1 aliphatic rings. The van der Waals surface area contributed by atoms with E-state index in [0.717, 1.165) is 6.42 Å². The summed E-state index contributed by atoms with van der Waals surface area (Å²) in [5.41, 5.74) is 5.07. The van der Waals surface area contributed by atoms with Gasteiger partial charge in [0.1, 0.15) is 17.6 Å². The summed E-state index contributed by atoms with van der Waals surface area (Å²) in [6.45, 7) is 10.5. The van der Waals surface area contributed by atoms with Crippen LogP contribution < -0.4 is 0 Å². The van der Waals surface area contributed by atoms with Gasteiger partial charge in [-0.2, -0.15) is 0 Å². The van der Waals surface area contributed by atoms with Crippen molar-refractivity contribution in [3.63, 3.8) is 0 Å². The minimum Gasteiger partial charge on any atom is -0.358 e. The zero-order chi connectivity index (χ0) is 15.0. The van der Waals surface area contributed by atoms with Crippen LogP contribution in [0.15, 0.2) is 48.5 Å². The van der Waals surface area contributed by atoms with Gasteiger partial charge in [-0.05, 0) is 49.4 Å². The molecular formula is C20H23O+. The minimum absolute atomic E-state index is 0.00495. The summed E-state index contributed by atoms with van der Waals surface area (Å²) in [6.07, 6.45) is 0.998. The molecule has 0 saturated heterocycles. The van der Waals surface area contributed by atoms with Crippen molar-refractivity contribution in [2.24, 2.45) is 5.92 Å². The van der Waals surface area contributed by atoms with E-state index in [4.69, 9.17) is 4.74 Å². The van der Waals surface area contributed by atoms with Crippen molar-refractivity contribution in [3.05, 3.63) is 77.7 Å². The van der Waals surface area contributed by atoms with Gasteiger partial charge in [-0.3, -0.25) is 0 Å². The molecule has 1 aliphatic carbocycles. The van der Waals surface area contributed by atoms with Crippen LogP contribution in [0.4, 0.5) is 0 Å². The molecule has 2 aromatic carbocycles. The first kappa shape index (κ1) is 14.2. The number of hydrogen-bond acceptors (Lipinski definition) is 1. The van der Waals surface area contributed by atoms with Gasteiger partial charge < -0.3 is 4.74 Å². The smallest absolute Gasteiger partial charge is 0.121 e. The second-order valence-electron chi connectivity index (χ2n) is 6.58. The highest BCUT2D eigenvalue weighted by Gasteiger charge is 2.35. The number of ether oxygens (including phenoxy) is 1. The molecule has 0 radical (unpaired) electrons. The molecule has 1 unspecified atom stereocenters. The van der Waals surface area contributed by atoms with Crippen molar-refractivity contribution in [1.29, 1.82) is 0 Å². The maximum atomic E-state index is 6.53. The van der Waals surface area contributed by atoms with Gasteiger partial charge in [0.25, 0.3) is 0 Å². The molecule has 0 heterocycles. The van der Waals surface area contributed by atoms with Crippen LogP contribution in [-0.2, 0) is 11.2 Å². The molecule has 0 aliphatic heterocycles. The van der Waals surface area contributed by atoms with Gasteiger partial charge in [0.2, 0.25) is 0 Å². The molecular weight excluding hydrogens is 256 g/mol. The van der Waals surface area contributed by atoms with E-state index in [1.165, 1.54) is 22.3 Å². The third-order valence-electron chi connectivity index (χ3n) is 4.66. The highest BCUT2D eigenvalue weighted by Crippen LogP contribution is 2.40.